The maximum Gasteiger partial charge on any atom is 0.254 e. The van der Waals surface area contributed by atoms with E-state index in [1.54, 1.807) is 30.2 Å². The van der Waals surface area contributed by atoms with Gasteiger partial charge in [-0.05, 0) is 61.7 Å². The van der Waals surface area contributed by atoms with Crippen molar-refractivity contribution in [1.82, 2.24) is 4.90 Å². The second-order valence-electron chi connectivity index (χ2n) is 10.7. The normalized spacial score (nSPS) is 16.2. The van der Waals surface area contributed by atoms with Crippen molar-refractivity contribution in [3.63, 3.8) is 0 Å². The first-order valence-electron chi connectivity index (χ1n) is 14.0. The highest BCUT2D eigenvalue weighted by atomic mass is 32.2. The molecule has 2 aliphatic heterocycles. The zero-order valence-electron chi connectivity index (χ0n) is 23.9. The number of piperazine rings is 1. The predicted molar refractivity (Wildman–Crippen MR) is 164 cm³/mol. The lowest BCUT2D eigenvalue weighted by Gasteiger charge is -2.37. The Morgan fingerprint density at radius 3 is 2.21 bits per heavy atom. The van der Waals surface area contributed by atoms with E-state index in [2.05, 4.69) is 16.3 Å². The lowest BCUT2D eigenvalue weighted by molar-refractivity contribution is 0.0746. The molecule has 5 rings (SSSR count). The van der Waals surface area contributed by atoms with Crippen molar-refractivity contribution < 1.29 is 17.9 Å². The van der Waals surface area contributed by atoms with Gasteiger partial charge in [-0.25, -0.2) is 13.6 Å². The maximum atomic E-state index is 13.7. The zero-order valence-corrected chi connectivity index (χ0v) is 24.7. The fourth-order valence-electron chi connectivity index (χ4n) is 5.80. The molecule has 2 heterocycles. The summed E-state index contributed by atoms with van der Waals surface area (Å²) in [6.07, 6.45) is 1.75. The number of sulfonamides is 1. The van der Waals surface area contributed by atoms with Gasteiger partial charge in [0.2, 0.25) is 10.0 Å². The van der Waals surface area contributed by atoms with Crippen LogP contribution in [-0.4, -0.2) is 71.6 Å². The third kappa shape index (κ3) is 6.15. The second-order valence-corrected chi connectivity index (χ2v) is 12.2. The number of nitrogens with one attached hydrogen (secondary N) is 1. The van der Waals surface area contributed by atoms with E-state index < -0.39 is 10.0 Å². The third-order valence-electron chi connectivity index (χ3n) is 8.08. The van der Waals surface area contributed by atoms with Crippen LogP contribution in [0.5, 0.6) is 5.75 Å². The minimum Gasteiger partial charge on any atom is -0.495 e. The van der Waals surface area contributed by atoms with Crippen molar-refractivity contribution in [2.24, 2.45) is 5.14 Å². The highest BCUT2D eigenvalue weighted by molar-refractivity contribution is 7.89. The first kappa shape index (κ1) is 29.2. The van der Waals surface area contributed by atoms with Gasteiger partial charge in [0.1, 0.15) is 16.7 Å². The molecule has 3 aromatic carbocycles. The highest BCUT2D eigenvalue weighted by Crippen LogP contribution is 2.32. The Kier molecular flexibility index (Phi) is 8.56. The first-order valence-corrected chi connectivity index (χ1v) is 15.6. The Morgan fingerprint density at radius 1 is 0.952 bits per heavy atom. The number of benzene rings is 3. The van der Waals surface area contributed by atoms with E-state index in [-0.39, 0.29) is 16.8 Å². The smallest absolute Gasteiger partial charge is 0.254 e. The Hall–Kier alpha value is -4.27. The molecule has 2 aliphatic rings. The number of piperidine rings is 1. The van der Waals surface area contributed by atoms with E-state index in [0.29, 0.717) is 48.7 Å². The van der Waals surface area contributed by atoms with E-state index in [1.807, 2.05) is 48.2 Å². The average Bonchev–Trinajstić information content (AvgIpc) is 3.01. The van der Waals surface area contributed by atoms with Crippen LogP contribution in [-0.2, 0) is 10.0 Å². The van der Waals surface area contributed by atoms with E-state index in [0.717, 1.165) is 42.9 Å². The third-order valence-corrected chi connectivity index (χ3v) is 9.03. The van der Waals surface area contributed by atoms with Crippen LogP contribution in [0.25, 0.3) is 0 Å². The summed E-state index contributed by atoms with van der Waals surface area (Å²) in [7, 11) is -2.24. The van der Waals surface area contributed by atoms with Gasteiger partial charge in [-0.1, -0.05) is 24.3 Å². The van der Waals surface area contributed by atoms with E-state index in [1.165, 1.54) is 6.07 Å². The molecule has 0 aromatic heterocycles. The van der Waals surface area contributed by atoms with E-state index >= 15 is 0 Å². The van der Waals surface area contributed by atoms with Crippen LogP contribution in [0.3, 0.4) is 0 Å². The van der Waals surface area contributed by atoms with Crippen molar-refractivity contribution in [1.29, 1.82) is 5.26 Å². The number of methoxy groups -OCH3 is 1. The molecule has 1 amide bonds. The number of nitrogens with zero attached hydrogens (tertiary/aromatic N) is 4. The van der Waals surface area contributed by atoms with Crippen LogP contribution in [0, 0.1) is 18.3 Å². The molecule has 0 aliphatic carbocycles. The van der Waals surface area contributed by atoms with E-state index in [4.69, 9.17) is 9.88 Å². The summed E-state index contributed by atoms with van der Waals surface area (Å²) < 4.78 is 29.8. The highest BCUT2D eigenvalue weighted by Gasteiger charge is 2.28. The van der Waals surface area contributed by atoms with Crippen LogP contribution < -0.4 is 25.0 Å². The number of hydrogen-bond acceptors (Lipinski definition) is 8. The Labute approximate surface area is 247 Å². The number of para-hydroxylation sites is 2. The number of aryl methyl sites for hydroxylation is 1. The van der Waals surface area contributed by atoms with Gasteiger partial charge in [-0.2, -0.15) is 5.26 Å². The average molecular weight is 589 g/mol. The summed E-state index contributed by atoms with van der Waals surface area (Å²) in [4.78, 5) is 19.8. The molecule has 0 bridgehead atoms. The molecule has 0 saturated carbocycles. The Bertz CT molecular complexity index is 1600. The molecule has 0 spiro atoms. The van der Waals surface area contributed by atoms with Crippen molar-refractivity contribution in [3.8, 4) is 11.8 Å². The number of hydrogen-bond donors (Lipinski definition) is 2. The van der Waals surface area contributed by atoms with Crippen LogP contribution in [0.15, 0.2) is 65.6 Å². The van der Waals surface area contributed by atoms with E-state index in [9.17, 15) is 18.5 Å². The SMILES string of the molecule is COc1cc(C)c(C(=O)N2CCN(c3ccccc3S(N)(=O)=O)CC2)cc1NC1CCN(c2ccccc2C#N)CC1. The molecule has 2 saturated heterocycles. The number of rotatable bonds is 7. The lowest BCUT2D eigenvalue weighted by Crippen LogP contribution is -2.49. The summed E-state index contributed by atoms with van der Waals surface area (Å²) >= 11 is 0. The van der Waals surface area contributed by atoms with Gasteiger partial charge >= 0.3 is 0 Å². The van der Waals surface area contributed by atoms with Gasteiger partial charge < -0.3 is 24.8 Å². The van der Waals surface area contributed by atoms with Crippen LogP contribution in [0.4, 0.5) is 17.1 Å². The molecule has 2 fully saturated rings. The molecule has 3 N–H and O–H groups in total. The van der Waals surface area contributed by atoms with Gasteiger partial charge in [0, 0.05) is 50.9 Å². The van der Waals surface area contributed by atoms with Gasteiger partial charge in [0.05, 0.1) is 29.7 Å². The summed E-state index contributed by atoms with van der Waals surface area (Å²) in [5.74, 6) is 0.617. The van der Waals surface area contributed by atoms with Crippen LogP contribution >= 0.6 is 0 Å². The quantitative estimate of drug-likeness (QED) is 0.428. The molecule has 0 radical (unpaired) electrons. The zero-order chi connectivity index (χ0) is 29.9. The first-order chi connectivity index (χ1) is 20.2. The molecule has 11 heteroatoms. The predicted octanol–water partition coefficient (Wildman–Crippen LogP) is 3.57. The number of nitrogens with two attached hydrogens (primary N) is 1. The van der Waals surface area contributed by atoms with Gasteiger partial charge in [-0.3, -0.25) is 4.79 Å². The minimum atomic E-state index is -3.86. The number of amides is 1. The molecule has 42 heavy (non-hydrogen) atoms. The van der Waals surface area contributed by atoms with Crippen molar-refractivity contribution >= 4 is 33.0 Å². The van der Waals surface area contributed by atoms with Gasteiger partial charge in [0.25, 0.3) is 5.91 Å². The second kappa shape index (κ2) is 12.3. The number of nitriles is 1. The summed E-state index contributed by atoms with van der Waals surface area (Å²) in [5.41, 5.74) is 4.42. The molecular weight excluding hydrogens is 552 g/mol. The molecule has 3 aromatic rings. The van der Waals surface area contributed by atoms with Crippen LogP contribution in [0.1, 0.15) is 34.3 Å². The number of primary sulfonamides is 1. The fourth-order valence-corrected chi connectivity index (χ4v) is 6.56. The lowest BCUT2D eigenvalue weighted by atomic mass is 10.0. The van der Waals surface area contributed by atoms with Crippen molar-refractivity contribution in [3.05, 3.63) is 77.4 Å². The standard InChI is InChI=1S/C31H36N6O4S/c1-22-19-29(41-2)26(34-24-11-13-35(14-12-24)27-8-4-3-7-23(27)21-32)20-25(22)31(38)37-17-15-36(16-18-37)28-9-5-6-10-30(28)42(33,39)40/h3-10,19-20,24,34H,11-18H2,1-2H3,(H2,33,39,40). The monoisotopic (exact) mass is 588 g/mol. The molecule has 220 valence electrons. The van der Waals surface area contributed by atoms with Crippen molar-refractivity contribution in [2.45, 2.75) is 30.7 Å². The number of anilines is 3. The Balaban J connectivity index is 1.26. The molecule has 0 atom stereocenters. The molecule has 0 unspecified atom stereocenters. The van der Waals surface area contributed by atoms with Gasteiger partial charge in [-0.15, -0.1) is 0 Å². The Morgan fingerprint density at radius 2 is 1.57 bits per heavy atom. The summed E-state index contributed by atoms with van der Waals surface area (Å²) in [5, 5.41) is 18.5. The number of carbonyl (C=O) groups excluding carboxylic acids is 1. The van der Waals surface area contributed by atoms with Crippen molar-refractivity contribution in [2.75, 3.05) is 61.5 Å². The summed E-state index contributed by atoms with van der Waals surface area (Å²) in [6, 6.07) is 20.6. The topological polar surface area (TPSA) is 132 Å². The maximum absolute atomic E-state index is 13.7. The molecule has 10 nitrogen and oxygen atoms in total. The van der Waals surface area contributed by atoms with Gasteiger partial charge in [0.15, 0.2) is 0 Å². The summed E-state index contributed by atoms with van der Waals surface area (Å²) in [6.45, 7) is 5.43. The number of ether oxygens (including phenoxy) is 1. The fraction of sp³-hybridized carbons (Fsp3) is 0.355. The number of carbonyl (C=O) groups is 1. The van der Waals surface area contributed by atoms with Crippen LogP contribution in [0.2, 0.25) is 0 Å². The molecular formula is C31H36N6O4S. The minimum absolute atomic E-state index is 0.0690. The largest absolute Gasteiger partial charge is 0.495 e.